The summed E-state index contributed by atoms with van der Waals surface area (Å²) in [6.45, 7) is 5.37. The van der Waals surface area contributed by atoms with Crippen molar-refractivity contribution in [1.29, 1.82) is 0 Å². The number of hydrogen-bond donors (Lipinski definition) is 1. The molecule has 1 aliphatic carbocycles. The van der Waals surface area contributed by atoms with Crippen LogP contribution in [0, 0.1) is 5.92 Å². The zero-order valence-electron chi connectivity index (χ0n) is 13.6. The lowest BCUT2D eigenvalue weighted by atomic mass is 9.77. The van der Waals surface area contributed by atoms with Gasteiger partial charge in [0.15, 0.2) is 0 Å². The van der Waals surface area contributed by atoms with Gasteiger partial charge in [0.25, 0.3) is 0 Å². The number of carbonyl (C=O) groups excluding carboxylic acids is 2. The van der Waals surface area contributed by atoms with E-state index in [0.717, 1.165) is 12.3 Å². The van der Waals surface area contributed by atoms with Crippen molar-refractivity contribution >= 4 is 23.5 Å². The predicted molar refractivity (Wildman–Crippen MR) is 84.0 cm³/mol. The molecule has 0 aliphatic heterocycles. The van der Waals surface area contributed by atoms with E-state index in [9.17, 15) is 18.4 Å². The summed E-state index contributed by atoms with van der Waals surface area (Å²) in [6.07, 6.45) is 0.118. The van der Waals surface area contributed by atoms with E-state index in [1.54, 1.807) is 20.8 Å². The van der Waals surface area contributed by atoms with Crippen molar-refractivity contribution in [2.45, 2.75) is 51.2 Å². The van der Waals surface area contributed by atoms with Crippen molar-refractivity contribution in [2.24, 2.45) is 5.92 Å². The van der Waals surface area contributed by atoms with E-state index in [1.165, 1.54) is 6.07 Å². The van der Waals surface area contributed by atoms with Gasteiger partial charge in [-0.2, -0.15) is 8.78 Å². The number of hydrogen-bond acceptors (Lipinski definition) is 4. The first-order valence-corrected chi connectivity index (χ1v) is 7.90. The molecule has 0 unspecified atom stereocenters. The number of carbonyl (C=O) groups is 2. The second kappa shape index (κ2) is 6.63. The number of rotatable bonds is 4. The fraction of sp³-hybridized carbons (Fsp3) is 0.562. The molecule has 8 heteroatoms. The lowest BCUT2D eigenvalue weighted by molar-refractivity contribution is -0.156. The fourth-order valence-corrected chi connectivity index (χ4v) is 2.48. The highest BCUT2D eigenvalue weighted by atomic mass is 35.5. The number of ether oxygens (including phenoxy) is 1. The van der Waals surface area contributed by atoms with E-state index < -0.39 is 41.1 Å². The van der Waals surface area contributed by atoms with Gasteiger partial charge < -0.3 is 10.1 Å². The summed E-state index contributed by atoms with van der Waals surface area (Å²) in [5.74, 6) is -5.81. The third-order valence-electron chi connectivity index (χ3n) is 3.57. The summed E-state index contributed by atoms with van der Waals surface area (Å²) in [7, 11) is 0. The molecule has 132 valence electrons. The molecule has 1 heterocycles. The van der Waals surface area contributed by atoms with Crippen molar-refractivity contribution < 1.29 is 23.1 Å². The Morgan fingerprint density at radius 2 is 1.96 bits per heavy atom. The van der Waals surface area contributed by atoms with Crippen LogP contribution in [0.4, 0.5) is 13.6 Å². The van der Waals surface area contributed by atoms with E-state index in [1.807, 2.05) is 0 Å². The monoisotopic (exact) mass is 360 g/mol. The number of nitrogens with zero attached hydrogens (tertiary/aromatic N) is 1. The van der Waals surface area contributed by atoms with Gasteiger partial charge in [-0.25, -0.2) is 4.79 Å². The van der Waals surface area contributed by atoms with Gasteiger partial charge in [0.1, 0.15) is 11.8 Å². The van der Waals surface area contributed by atoms with Crippen LogP contribution in [0.15, 0.2) is 18.3 Å². The first kappa shape index (κ1) is 18.6. The van der Waals surface area contributed by atoms with Crippen molar-refractivity contribution in [2.75, 3.05) is 0 Å². The first-order valence-electron chi connectivity index (χ1n) is 7.52. The molecule has 1 aliphatic rings. The Hall–Kier alpha value is -1.76. The van der Waals surface area contributed by atoms with Crippen LogP contribution in [0.2, 0.25) is 5.02 Å². The number of pyridine rings is 1. The highest BCUT2D eigenvalue weighted by Gasteiger charge is 2.50. The Kier molecular flexibility index (Phi) is 5.13. The lowest BCUT2D eigenvalue weighted by Crippen LogP contribution is -2.47. The van der Waals surface area contributed by atoms with Gasteiger partial charge in [-0.05, 0) is 45.7 Å². The summed E-state index contributed by atoms with van der Waals surface area (Å²) in [5.41, 5.74) is -1.13. The summed E-state index contributed by atoms with van der Waals surface area (Å²) in [4.78, 5) is 27.2. The van der Waals surface area contributed by atoms with E-state index in [2.05, 4.69) is 10.3 Å². The van der Waals surface area contributed by atoms with Crippen molar-refractivity contribution in [3.63, 3.8) is 0 Å². The maximum Gasteiger partial charge on any atom is 0.407 e. The quantitative estimate of drug-likeness (QED) is 0.889. The van der Waals surface area contributed by atoms with E-state index >= 15 is 0 Å². The van der Waals surface area contributed by atoms with Gasteiger partial charge in [0, 0.05) is 22.7 Å². The molecule has 2 rings (SSSR count). The Morgan fingerprint density at radius 3 is 2.50 bits per heavy atom. The van der Waals surface area contributed by atoms with Gasteiger partial charge in [0.2, 0.25) is 5.78 Å². The first-order chi connectivity index (χ1) is 11.0. The average molecular weight is 361 g/mol. The van der Waals surface area contributed by atoms with Gasteiger partial charge in [-0.3, -0.25) is 9.78 Å². The largest absolute Gasteiger partial charge is 0.446 e. The van der Waals surface area contributed by atoms with Gasteiger partial charge in [-0.1, -0.05) is 11.6 Å². The van der Waals surface area contributed by atoms with Crippen LogP contribution in [-0.4, -0.2) is 28.5 Å². The topological polar surface area (TPSA) is 68.3 Å². The standard InChI is InChI=1S/C16H19ClF2N2O3/c1-15(2,3)21-14(23)24-11-6-9(7-11)13(22)16(18,19)12-8-10(17)4-5-20-12/h4-5,8-9,11H,6-7H2,1-3H3,(H,21,23). The summed E-state index contributed by atoms with van der Waals surface area (Å²) >= 11 is 5.67. The number of aromatic nitrogens is 1. The number of amides is 1. The minimum atomic E-state index is -3.71. The summed E-state index contributed by atoms with van der Waals surface area (Å²) < 4.78 is 33.5. The Labute approximate surface area is 143 Å². The highest BCUT2D eigenvalue weighted by molar-refractivity contribution is 6.30. The maximum atomic E-state index is 14.2. The average Bonchev–Trinajstić information content (AvgIpc) is 2.39. The molecule has 0 saturated heterocycles. The predicted octanol–water partition coefficient (Wildman–Crippen LogP) is 3.70. The minimum Gasteiger partial charge on any atom is -0.446 e. The molecule has 0 radical (unpaired) electrons. The SMILES string of the molecule is CC(C)(C)NC(=O)OC1CC(C(=O)C(F)(F)c2cc(Cl)ccn2)C1. The van der Waals surface area contributed by atoms with E-state index in [0.29, 0.717) is 0 Å². The molecular formula is C16H19ClF2N2O3. The molecule has 24 heavy (non-hydrogen) atoms. The third-order valence-corrected chi connectivity index (χ3v) is 3.80. The lowest BCUT2D eigenvalue weighted by Gasteiger charge is -2.35. The molecule has 1 amide bonds. The van der Waals surface area contributed by atoms with Crippen LogP contribution in [-0.2, 0) is 15.5 Å². The smallest absolute Gasteiger partial charge is 0.407 e. The molecule has 1 saturated carbocycles. The second-order valence-electron chi connectivity index (χ2n) is 6.87. The number of halogens is 3. The maximum absolute atomic E-state index is 14.2. The molecule has 0 spiro atoms. The number of nitrogens with one attached hydrogen (secondary N) is 1. The molecule has 0 aromatic carbocycles. The van der Waals surface area contributed by atoms with Gasteiger partial charge in [0.05, 0.1) is 0 Å². The number of ketones is 1. The van der Waals surface area contributed by atoms with Crippen LogP contribution < -0.4 is 5.32 Å². The van der Waals surface area contributed by atoms with Gasteiger partial charge >= 0.3 is 12.0 Å². The zero-order valence-corrected chi connectivity index (χ0v) is 14.4. The van der Waals surface area contributed by atoms with Crippen LogP contribution in [0.3, 0.4) is 0 Å². The van der Waals surface area contributed by atoms with E-state index in [4.69, 9.17) is 16.3 Å². The minimum absolute atomic E-state index is 0.0759. The number of alkyl carbamates (subject to hydrolysis) is 1. The summed E-state index contributed by atoms with van der Waals surface area (Å²) in [5, 5.41) is 2.69. The van der Waals surface area contributed by atoms with E-state index in [-0.39, 0.29) is 17.9 Å². The molecule has 1 fully saturated rings. The third kappa shape index (κ3) is 4.41. The van der Waals surface area contributed by atoms with Crippen LogP contribution in [0.5, 0.6) is 0 Å². The molecule has 1 aromatic heterocycles. The number of alkyl halides is 2. The highest BCUT2D eigenvalue weighted by Crippen LogP contribution is 2.39. The Bertz CT molecular complexity index is 640. The van der Waals surface area contributed by atoms with Crippen molar-refractivity contribution in [1.82, 2.24) is 10.3 Å². The summed E-state index contributed by atoms with van der Waals surface area (Å²) in [6, 6.07) is 2.33. The zero-order chi connectivity index (χ0) is 18.1. The molecule has 0 atom stereocenters. The normalized spacial score (nSPS) is 20.9. The molecule has 0 bridgehead atoms. The molecular weight excluding hydrogens is 342 g/mol. The van der Waals surface area contributed by atoms with Crippen molar-refractivity contribution in [3.05, 3.63) is 29.0 Å². The van der Waals surface area contributed by atoms with Crippen LogP contribution in [0.1, 0.15) is 39.3 Å². The fourth-order valence-electron chi connectivity index (χ4n) is 2.32. The Morgan fingerprint density at radius 1 is 1.33 bits per heavy atom. The molecule has 1 aromatic rings. The molecule has 1 N–H and O–H groups in total. The van der Waals surface area contributed by atoms with Crippen LogP contribution >= 0.6 is 11.6 Å². The van der Waals surface area contributed by atoms with Crippen molar-refractivity contribution in [3.8, 4) is 0 Å². The van der Waals surface area contributed by atoms with Crippen LogP contribution in [0.25, 0.3) is 0 Å². The number of Topliss-reactive ketones (excluding diaryl/α,β-unsaturated/α-hetero) is 1. The van der Waals surface area contributed by atoms with Gasteiger partial charge in [-0.15, -0.1) is 0 Å². The molecule has 5 nitrogen and oxygen atoms in total. The Balaban J connectivity index is 1.91. The second-order valence-corrected chi connectivity index (χ2v) is 7.31.